The summed E-state index contributed by atoms with van der Waals surface area (Å²) < 4.78 is 6.04. The average molecular weight is 744 g/mol. The summed E-state index contributed by atoms with van der Waals surface area (Å²) in [5.41, 5.74) is 14.1. The van der Waals surface area contributed by atoms with E-state index in [1.54, 1.807) is 11.3 Å². The summed E-state index contributed by atoms with van der Waals surface area (Å²) >= 11 is 1.76. The third kappa shape index (κ3) is 5.08. The first-order valence-electron chi connectivity index (χ1n) is 19.4. The fraction of sp³-hybridized carbons (Fsp3) is 0. The van der Waals surface area contributed by atoms with E-state index in [2.05, 4.69) is 209 Å². The van der Waals surface area contributed by atoms with Crippen molar-refractivity contribution in [3.63, 3.8) is 0 Å². The molecule has 0 fully saturated rings. The Morgan fingerprint density at radius 3 is 1.63 bits per heavy atom. The van der Waals surface area contributed by atoms with Crippen LogP contribution in [0, 0.1) is 0 Å². The van der Waals surface area contributed by atoms with Crippen LogP contribution < -0.4 is 0 Å². The van der Waals surface area contributed by atoms with E-state index in [0.717, 1.165) is 27.5 Å². The topological polar surface area (TPSA) is 22.8 Å². The molecule has 12 aromatic rings. The second-order valence-electron chi connectivity index (χ2n) is 14.8. The van der Waals surface area contributed by atoms with Crippen molar-refractivity contribution in [3.8, 4) is 44.2 Å². The van der Waals surface area contributed by atoms with Crippen molar-refractivity contribution in [2.45, 2.75) is 0 Å². The first kappa shape index (κ1) is 32.0. The van der Waals surface area contributed by atoms with E-state index in [4.69, 9.17) is 4.98 Å². The van der Waals surface area contributed by atoms with Crippen LogP contribution in [0.3, 0.4) is 0 Å². The molecular weight excluding hydrogens is 711 g/mol. The van der Waals surface area contributed by atoms with Gasteiger partial charge in [-0.25, -0.2) is 4.98 Å². The maximum absolute atomic E-state index is 5.11. The van der Waals surface area contributed by atoms with Crippen LogP contribution in [0.5, 0.6) is 0 Å². The van der Waals surface area contributed by atoms with E-state index in [1.165, 1.54) is 81.3 Å². The van der Waals surface area contributed by atoms with E-state index in [0.29, 0.717) is 0 Å². The lowest BCUT2D eigenvalue weighted by Gasteiger charge is -2.13. The summed E-state index contributed by atoms with van der Waals surface area (Å²) in [6.07, 6.45) is 0. The van der Waals surface area contributed by atoms with Gasteiger partial charge < -0.3 is 9.13 Å². The van der Waals surface area contributed by atoms with Crippen LogP contribution in [0.2, 0.25) is 0 Å². The number of thiazole rings is 1. The lowest BCUT2D eigenvalue weighted by atomic mass is 10.0. The van der Waals surface area contributed by atoms with Crippen LogP contribution in [0.1, 0.15) is 0 Å². The van der Waals surface area contributed by atoms with Gasteiger partial charge >= 0.3 is 0 Å². The number of fused-ring (bicyclic) bond motifs is 8. The molecule has 0 unspecified atom stereocenters. The molecule has 3 nitrogen and oxygen atoms in total. The van der Waals surface area contributed by atoms with Gasteiger partial charge in [-0.3, -0.25) is 0 Å². The Hall–Kier alpha value is -7.27. The van der Waals surface area contributed by atoms with Crippen molar-refractivity contribution in [3.05, 3.63) is 200 Å². The number of aromatic nitrogens is 3. The smallest absolute Gasteiger partial charge is 0.125 e. The normalized spacial score (nSPS) is 11.9. The molecule has 0 saturated heterocycles. The number of hydrogen-bond donors (Lipinski definition) is 0. The Morgan fingerprint density at radius 2 is 0.912 bits per heavy atom. The van der Waals surface area contributed by atoms with Crippen molar-refractivity contribution in [1.29, 1.82) is 0 Å². The van der Waals surface area contributed by atoms with Gasteiger partial charge in [0.05, 0.1) is 32.3 Å². The summed E-state index contributed by atoms with van der Waals surface area (Å²) in [6, 6.07) is 72.8. The molecule has 0 aliphatic rings. The number of rotatable bonds is 5. The fourth-order valence-electron chi connectivity index (χ4n) is 8.90. The quantitative estimate of drug-likeness (QED) is 0.172. The molecule has 4 heteroatoms. The van der Waals surface area contributed by atoms with Gasteiger partial charge in [0.25, 0.3) is 0 Å². The minimum absolute atomic E-state index is 1.04. The highest BCUT2D eigenvalue weighted by molar-refractivity contribution is 7.21. The second kappa shape index (κ2) is 12.6. The molecule has 57 heavy (non-hydrogen) atoms. The third-order valence-corrected chi connectivity index (χ3v) is 12.6. The molecule has 0 radical (unpaired) electrons. The van der Waals surface area contributed by atoms with Crippen molar-refractivity contribution < 1.29 is 0 Å². The van der Waals surface area contributed by atoms with Crippen LogP contribution in [-0.4, -0.2) is 14.1 Å². The van der Waals surface area contributed by atoms with Crippen LogP contribution in [0.4, 0.5) is 0 Å². The van der Waals surface area contributed by atoms with E-state index in [9.17, 15) is 0 Å². The molecule has 0 bridgehead atoms. The second-order valence-corrected chi connectivity index (χ2v) is 15.8. The highest BCUT2D eigenvalue weighted by Crippen LogP contribution is 2.41. The minimum atomic E-state index is 1.04. The van der Waals surface area contributed by atoms with Crippen molar-refractivity contribution in [2.75, 3.05) is 0 Å². The first-order valence-corrected chi connectivity index (χ1v) is 20.2. The number of benzene rings is 9. The van der Waals surface area contributed by atoms with Crippen molar-refractivity contribution in [1.82, 2.24) is 14.1 Å². The molecule has 0 amide bonds. The molecule has 3 aromatic heterocycles. The van der Waals surface area contributed by atoms with E-state index in [-0.39, 0.29) is 0 Å². The van der Waals surface area contributed by atoms with Gasteiger partial charge in [-0.2, -0.15) is 0 Å². The molecule has 0 saturated carbocycles. The Balaban J connectivity index is 1.02. The monoisotopic (exact) mass is 743 g/mol. The molecule has 0 aliphatic carbocycles. The number of para-hydroxylation sites is 3. The molecule has 9 aromatic carbocycles. The third-order valence-electron chi connectivity index (χ3n) is 11.5. The molecular formula is C53H33N3S. The van der Waals surface area contributed by atoms with Crippen LogP contribution in [0.15, 0.2) is 200 Å². The maximum Gasteiger partial charge on any atom is 0.125 e. The highest BCUT2D eigenvalue weighted by atomic mass is 32.1. The van der Waals surface area contributed by atoms with E-state index >= 15 is 0 Å². The molecule has 0 atom stereocenters. The fourth-order valence-corrected chi connectivity index (χ4v) is 9.90. The Kier molecular flexibility index (Phi) is 7.10. The lowest BCUT2D eigenvalue weighted by Crippen LogP contribution is -1.95. The standard InChI is InChI=1S/C53H33N3S/c1-2-13-34(14-3-1)35-16-12-17-39(29-35)55-48-22-9-6-19-42(48)44-31-36(25-27-50(44)55)37-26-28-51-45(32-37)43-20-7-10-23-49(43)56(51)40-30-38-15-4-5-18-41(38)46(33-40)53-54-47-21-8-11-24-52(47)57-53/h1-33H. The zero-order chi connectivity index (χ0) is 37.5. The van der Waals surface area contributed by atoms with Crippen LogP contribution in [-0.2, 0) is 0 Å². The van der Waals surface area contributed by atoms with Gasteiger partial charge in [0, 0.05) is 38.5 Å². The van der Waals surface area contributed by atoms with Gasteiger partial charge in [0.2, 0.25) is 0 Å². The van der Waals surface area contributed by atoms with E-state index in [1.807, 2.05) is 0 Å². The molecule has 0 N–H and O–H groups in total. The molecule has 0 spiro atoms. The summed E-state index contributed by atoms with van der Waals surface area (Å²) in [5.74, 6) is 0. The van der Waals surface area contributed by atoms with Gasteiger partial charge in [-0.15, -0.1) is 11.3 Å². The SMILES string of the molecule is c1ccc(-c2cccc(-n3c4ccccc4c4cc(-c5ccc6c(c5)c5ccccc5n6-c5cc(-c6nc7ccccc7s6)c6ccccc6c5)ccc43)c2)cc1. The summed E-state index contributed by atoms with van der Waals surface area (Å²) in [5, 5.41) is 8.41. The van der Waals surface area contributed by atoms with Crippen LogP contribution >= 0.6 is 11.3 Å². The van der Waals surface area contributed by atoms with Gasteiger partial charge in [-0.1, -0.05) is 127 Å². The lowest BCUT2D eigenvalue weighted by molar-refractivity contribution is 1.18. The molecule has 12 rings (SSSR count). The van der Waals surface area contributed by atoms with Crippen molar-refractivity contribution >= 4 is 75.9 Å². The summed E-state index contributed by atoms with van der Waals surface area (Å²) in [7, 11) is 0. The maximum atomic E-state index is 5.11. The summed E-state index contributed by atoms with van der Waals surface area (Å²) in [4.78, 5) is 5.11. The van der Waals surface area contributed by atoms with Crippen LogP contribution in [0.25, 0.3) is 109 Å². The summed E-state index contributed by atoms with van der Waals surface area (Å²) in [6.45, 7) is 0. The highest BCUT2D eigenvalue weighted by Gasteiger charge is 2.18. The Bertz CT molecular complexity index is 3500. The minimum Gasteiger partial charge on any atom is -0.309 e. The van der Waals surface area contributed by atoms with Gasteiger partial charge in [0.1, 0.15) is 5.01 Å². The zero-order valence-electron chi connectivity index (χ0n) is 30.8. The Labute approximate surface area is 333 Å². The van der Waals surface area contributed by atoms with E-state index < -0.39 is 0 Å². The predicted octanol–water partition coefficient (Wildman–Crippen LogP) is 14.6. The number of hydrogen-bond acceptors (Lipinski definition) is 2. The predicted molar refractivity (Wildman–Crippen MR) is 242 cm³/mol. The first-order chi connectivity index (χ1) is 28.2. The Morgan fingerprint density at radius 1 is 0.351 bits per heavy atom. The zero-order valence-corrected chi connectivity index (χ0v) is 31.6. The average Bonchev–Trinajstić information content (AvgIpc) is 3.96. The molecule has 266 valence electrons. The largest absolute Gasteiger partial charge is 0.309 e. The number of nitrogens with zero attached hydrogens (tertiary/aromatic N) is 3. The van der Waals surface area contributed by atoms with Gasteiger partial charge in [0.15, 0.2) is 0 Å². The van der Waals surface area contributed by atoms with Gasteiger partial charge in [-0.05, 0) is 106 Å². The molecule has 0 aliphatic heterocycles. The molecule has 3 heterocycles. The van der Waals surface area contributed by atoms with Crippen molar-refractivity contribution in [2.24, 2.45) is 0 Å².